The monoisotopic (exact) mass is 418 g/mol. The molecule has 1 amide bonds. The van der Waals surface area contributed by atoms with Crippen LogP contribution in [0.3, 0.4) is 0 Å². The molecule has 3 aromatic rings. The Morgan fingerprint density at radius 3 is 2.29 bits per heavy atom. The Morgan fingerprint density at radius 2 is 1.61 bits per heavy atom. The lowest BCUT2D eigenvalue weighted by Crippen LogP contribution is -3.27. The van der Waals surface area contributed by atoms with E-state index in [1.54, 1.807) is 9.80 Å². The highest BCUT2D eigenvalue weighted by Gasteiger charge is 2.29. The summed E-state index contributed by atoms with van der Waals surface area (Å²) >= 11 is 0. The summed E-state index contributed by atoms with van der Waals surface area (Å²) in [7, 11) is 6.38. The van der Waals surface area contributed by atoms with Crippen LogP contribution in [0.2, 0.25) is 0 Å². The third-order valence-electron chi connectivity index (χ3n) is 6.53. The van der Waals surface area contributed by atoms with Crippen molar-refractivity contribution in [3.8, 4) is 0 Å². The van der Waals surface area contributed by atoms with Crippen LogP contribution < -0.4 is 20.0 Å². The maximum atomic E-state index is 13.0. The summed E-state index contributed by atoms with van der Waals surface area (Å²) in [5.74, 6) is -0.000169. The molecule has 162 valence electrons. The molecule has 0 unspecified atom stereocenters. The van der Waals surface area contributed by atoms with E-state index in [0.717, 1.165) is 29.4 Å². The van der Waals surface area contributed by atoms with Gasteiger partial charge in [-0.1, -0.05) is 42.5 Å². The number of rotatable bonds is 6. The highest BCUT2D eigenvalue weighted by molar-refractivity contribution is 5.98. The molecule has 1 aliphatic heterocycles. The molecule has 4 rings (SSSR count). The molecule has 5 heteroatoms. The molecule has 1 atom stereocenters. The number of fused-ring (bicyclic) bond motifs is 1. The molecule has 3 N–H and O–H groups in total. The van der Waals surface area contributed by atoms with Crippen LogP contribution in [0.1, 0.15) is 22.0 Å². The highest BCUT2D eigenvalue weighted by atomic mass is 16.1. The second-order valence-corrected chi connectivity index (χ2v) is 8.93. The molecule has 0 radical (unpaired) electrons. The molecule has 5 nitrogen and oxygen atoms in total. The lowest BCUT2D eigenvalue weighted by Gasteiger charge is -2.33. The number of piperazine rings is 1. The van der Waals surface area contributed by atoms with E-state index < -0.39 is 0 Å². The van der Waals surface area contributed by atoms with Crippen molar-refractivity contribution in [1.29, 1.82) is 0 Å². The Hall–Kier alpha value is -2.89. The van der Waals surface area contributed by atoms with Crippen molar-refractivity contribution in [2.75, 3.05) is 58.8 Å². The summed E-state index contributed by atoms with van der Waals surface area (Å²) in [6, 6.07) is 23.1. The molecule has 3 aromatic carbocycles. The standard InChI is InChI=1S/C26H32N4O/c1-28(2)24-12-10-21(11-13-24)25(30-16-14-29(3)15-17-30)19-27-26(31)23-9-8-20-6-4-5-7-22(20)18-23/h4-13,18,25H,14-17,19H2,1-3H3,(H,27,31)/p+2/t25-/m0/s1. The molecule has 0 bridgehead atoms. The molecule has 0 spiro atoms. The zero-order chi connectivity index (χ0) is 21.8. The highest BCUT2D eigenvalue weighted by Crippen LogP contribution is 2.18. The lowest BCUT2D eigenvalue weighted by atomic mass is 10.0. The van der Waals surface area contributed by atoms with Crippen LogP contribution in [0.5, 0.6) is 0 Å². The molecule has 1 saturated heterocycles. The first-order valence-electron chi connectivity index (χ1n) is 11.2. The minimum absolute atomic E-state index is 0.000169. The fourth-order valence-corrected chi connectivity index (χ4v) is 4.48. The van der Waals surface area contributed by atoms with Gasteiger partial charge in [-0.2, -0.15) is 0 Å². The first-order chi connectivity index (χ1) is 15.0. The first-order valence-corrected chi connectivity index (χ1v) is 11.2. The maximum Gasteiger partial charge on any atom is 0.251 e. The molecule has 1 fully saturated rings. The number of anilines is 1. The Bertz CT molecular complexity index is 1020. The predicted molar refractivity (Wildman–Crippen MR) is 127 cm³/mol. The van der Waals surface area contributed by atoms with Crippen molar-refractivity contribution in [2.24, 2.45) is 0 Å². The van der Waals surface area contributed by atoms with Crippen LogP contribution in [-0.4, -0.2) is 59.8 Å². The summed E-state index contributed by atoms with van der Waals surface area (Å²) in [4.78, 5) is 18.2. The van der Waals surface area contributed by atoms with Gasteiger partial charge in [-0.05, 0) is 35.0 Å². The SMILES string of the molecule is CN(C)c1ccc([C@H](CNC(=O)c2ccc3ccccc3c2)[NH+]2CC[NH+](C)CC2)cc1. The molecule has 0 saturated carbocycles. The number of benzene rings is 3. The summed E-state index contributed by atoms with van der Waals surface area (Å²) in [6.07, 6.45) is 0. The van der Waals surface area contributed by atoms with Crippen molar-refractivity contribution in [3.63, 3.8) is 0 Å². The molecule has 0 aromatic heterocycles. The Labute approximate surface area is 185 Å². The average molecular weight is 419 g/mol. The minimum atomic E-state index is -0.000169. The fourth-order valence-electron chi connectivity index (χ4n) is 4.48. The number of hydrogen-bond acceptors (Lipinski definition) is 2. The second-order valence-electron chi connectivity index (χ2n) is 8.93. The Kier molecular flexibility index (Phi) is 6.54. The number of hydrogen-bond donors (Lipinski definition) is 3. The summed E-state index contributed by atoms with van der Waals surface area (Å²) in [5, 5.41) is 5.48. The van der Waals surface area contributed by atoms with Gasteiger partial charge in [0.1, 0.15) is 32.2 Å². The largest absolute Gasteiger partial charge is 0.378 e. The Morgan fingerprint density at radius 1 is 0.935 bits per heavy atom. The van der Waals surface area contributed by atoms with Gasteiger partial charge in [-0.3, -0.25) is 4.79 Å². The molecular weight excluding hydrogens is 384 g/mol. The number of carbonyl (C=O) groups excluding carboxylic acids is 1. The van der Waals surface area contributed by atoms with Crippen molar-refractivity contribution < 1.29 is 14.6 Å². The van der Waals surface area contributed by atoms with Gasteiger partial charge < -0.3 is 20.0 Å². The Balaban J connectivity index is 1.51. The van der Waals surface area contributed by atoms with Gasteiger partial charge in [-0.25, -0.2) is 0 Å². The third kappa shape index (κ3) is 5.06. The molecule has 1 aliphatic rings. The maximum absolute atomic E-state index is 13.0. The van der Waals surface area contributed by atoms with Crippen LogP contribution in [0.4, 0.5) is 5.69 Å². The van der Waals surface area contributed by atoms with E-state index in [0.29, 0.717) is 6.54 Å². The quantitative estimate of drug-likeness (QED) is 0.554. The third-order valence-corrected chi connectivity index (χ3v) is 6.53. The zero-order valence-electron chi connectivity index (χ0n) is 18.8. The van der Waals surface area contributed by atoms with Gasteiger partial charge in [0.25, 0.3) is 5.91 Å². The van der Waals surface area contributed by atoms with E-state index in [9.17, 15) is 4.79 Å². The zero-order valence-corrected chi connectivity index (χ0v) is 18.8. The van der Waals surface area contributed by atoms with Crippen molar-refractivity contribution in [1.82, 2.24) is 5.32 Å². The van der Waals surface area contributed by atoms with Gasteiger partial charge in [0, 0.05) is 30.9 Å². The predicted octanol–water partition coefficient (Wildman–Crippen LogP) is 0.790. The van der Waals surface area contributed by atoms with Crippen molar-refractivity contribution in [3.05, 3.63) is 77.9 Å². The normalized spacial score (nSPS) is 19.7. The van der Waals surface area contributed by atoms with E-state index >= 15 is 0 Å². The number of nitrogens with zero attached hydrogens (tertiary/aromatic N) is 1. The van der Waals surface area contributed by atoms with Crippen LogP contribution in [-0.2, 0) is 0 Å². The molecule has 0 aliphatic carbocycles. The van der Waals surface area contributed by atoms with Crippen molar-refractivity contribution in [2.45, 2.75) is 6.04 Å². The number of quaternary nitrogens is 2. The molecule has 31 heavy (non-hydrogen) atoms. The number of carbonyl (C=O) groups is 1. The summed E-state index contributed by atoms with van der Waals surface area (Å²) < 4.78 is 0. The van der Waals surface area contributed by atoms with Crippen molar-refractivity contribution >= 4 is 22.4 Å². The van der Waals surface area contributed by atoms with Gasteiger partial charge in [0.05, 0.1) is 13.6 Å². The van der Waals surface area contributed by atoms with E-state index in [1.165, 1.54) is 24.3 Å². The van der Waals surface area contributed by atoms with E-state index in [2.05, 4.69) is 67.8 Å². The number of nitrogens with one attached hydrogen (secondary N) is 3. The number of likely N-dealkylation sites (N-methyl/N-ethyl adjacent to an activating group) is 1. The van der Waals surface area contributed by atoms with Crippen LogP contribution >= 0.6 is 0 Å². The first kappa shape index (κ1) is 21.3. The summed E-state index contributed by atoms with van der Waals surface area (Å²) in [5.41, 5.74) is 3.21. The van der Waals surface area contributed by atoms with Crippen LogP contribution in [0, 0.1) is 0 Å². The lowest BCUT2D eigenvalue weighted by molar-refractivity contribution is -1.02. The minimum Gasteiger partial charge on any atom is -0.378 e. The van der Waals surface area contributed by atoms with Gasteiger partial charge in [0.15, 0.2) is 0 Å². The van der Waals surface area contributed by atoms with Gasteiger partial charge >= 0.3 is 0 Å². The molecule has 1 heterocycles. The van der Waals surface area contributed by atoms with Crippen LogP contribution in [0.25, 0.3) is 10.8 Å². The van der Waals surface area contributed by atoms with E-state index in [-0.39, 0.29) is 11.9 Å². The van der Waals surface area contributed by atoms with E-state index in [1.807, 2.05) is 30.3 Å². The second kappa shape index (κ2) is 9.50. The molecular formula is C26H34N4O+2. The van der Waals surface area contributed by atoms with E-state index in [4.69, 9.17) is 0 Å². The van der Waals surface area contributed by atoms with Gasteiger partial charge in [0.2, 0.25) is 0 Å². The van der Waals surface area contributed by atoms with Gasteiger partial charge in [-0.15, -0.1) is 0 Å². The average Bonchev–Trinajstić information content (AvgIpc) is 2.80. The number of amides is 1. The summed E-state index contributed by atoms with van der Waals surface area (Å²) in [6.45, 7) is 5.22. The fraction of sp³-hybridized carbons (Fsp3) is 0.346. The van der Waals surface area contributed by atoms with Crippen LogP contribution in [0.15, 0.2) is 66.7 Å². The topological polar surface area (TPSA) is 41.2 Å². The smallest absolute Gasteiger partial charge is 0.251 e.